The minimum atomic E-state index is -4.11. The van der Waals surface area contributed by atoms with Crippen LogP contribution in [-0.4, -0.2) is 44.3 Å². The van der Waals surface area contributed by atoms with Crippen LogP contribution in [0.1, 0.15) is 25.0 Å². The van der Waals surface area contributed by atoms with Gasteiger partial charge in [-0.15, -0.1) is 0 Å². The van der Waals surface area contributed by atoms with E-state index in [9.17, 15) is 18.0 Å². The number of carbonyl (C=O) groups is 2. The van der Waals surface area contributed by atoms with Crippen LogP contribution in [0, 0.1) is 6.92 Å². The SMILES string of the molecule is CCNC(=O)[C@H](C)N(Cc1cccc(C)c1)C(=O)CN(c1cccc(Cl)c1)S(=O)(=O)c1ccccc1. The maximum Gasteiger partial charge on any atom is 0.264 e. The Labute approximate surface area is 217 Å². The summed E-state index contributed by atoms with van der Waals surface area (Å²) in [6.07, 6.45) is 0. The number of hydrogen-bond donors (Lipinski definition) is 1. The second-order valence-electron chi connectivity index (χ2n) is 8.39. The lowest BCUT2D eigenvalue weighted by Gasteiger charge is -2.32. The van der Waals surface area contributed by atoms with E-state index in [0.29, 0.717) is 11.6 Å². The van der Waals surface area contributed by atoms with Crippen molar-refractivity contribution in [3.8, 4) is 0 Å². The van der Waals surface area contributed by atoms with Crippen LogP contribution in [0.3, 0.4) is 0 Å². The summed E-state index contributed by atoms with van der Waals surface area (Å²) in [7, 11) is -4.11. The Morgan fingerprint density at radius 1 is 0.972 bits per heavy atom. The lowest BCUT2D eigenvalue weighted by Crippen LogP contribution is -2.51. The van der Waals surface area contributed by atoms with Gasteiger partial charge in [0.05, 0.1) is 10.6 Å². The Bertz CT molecular complexity index is 1320. The van der Waals surface area contributed by atoms with Crippen LogP contribution in [0.4, 0.5) is 5.69 Å². The predicted molar refractivity (Wildman–Crippen MR) is 142 cm³/mol. The number of halogens is 1. The van der Waals surface area contributed by atoms with Gasteiger partial charge in [-0.25, -0.2) is 8.42 Å². The second kappa shape index (κ2) is 12.1. The van der Waals surface area contributed by atoms with Crippen molar-refractivity contribution in [1.29, 1.82) is 0 Å². The van der Waals surface area contributed by atoms with Crippen molar-refractivity contribution in [2.45, 2.75) is 38.3 Å². The molecule has 0 aliphatic carbocycles. The molecule has 0 saturated heterocycles. The molecule has 3 aromatic rings. The Hall–Kier alpha value is -3.36. The van der Waals surface area contributed by atoms with Crippen molar-refractivity contribution < 1.29 is 18.0 Å². The molecule has 0 heterocycles. The van der Waals surface area contributed by atoms with Gasteiger partial charge < -0.3 is 10.2 Å². The number of sulfonamides is 1. The standard InChI is InChI=1S/C27H30ClN3O4S/c1-4-29-27(33)21(3)30(18-22-11-8-10-20(2)16-22)26(32)19-31(24-13-9-12-23(28)17-24)36(34,35)25-14-6-5-7-15-25/h5-17,21H,4,18-19H2,1-3H3,(H,29,33)/t21-/m0/s1. The quantitative estimate of drug-likeness (QED) is 0.423. The molecule has 0 radical (unpaired) electrons. The number of rotatable bonds is 10. The van der Waals surface area contributed by atoms with Crippen LogP contribution >= 0.6 is 11.6 Å². The molecule has 0 fully saturated rings. The average Bonchev–Trinajstić information content (AvgIpc) is 2.86. The Kier molecular flexibility index (Phi) is 9.12. The molecule has 0 aromatic heterocycles. The van der Waals surface area contributed by atoms with Gasteiger partial charge in [0.25, 0.3) is 10.0 Å². The highest BCUT2D eigenvalue weighted by Crippen LogP contribution is 2.26. The van der Waals surface area contributed by atoms with Crippen molar-refractivity contribution in [2.24, 2.45) is 0 Å². The summed E-state index contributed by atoms with van der Waals surface area (Å²) in [6.45, 7) is 5.42. The number of aryl methyl sites for hydroxylation is 1. The van der Waals surface area contributed by atoms with Crippen LogP contribution in [0.5, 0.6) is 0 Å². The molecular formula is C27H30ClN3O4S. The van der Waals surface area contributed by atoms with Gasteiger partial charge in [0, 0.05) is 18.1 Å². The molecule has 0 bridgehead atoms. The van der Waals surface area contributed by atoms with Crippen molar-refractivity contribution in [3.63, 3.8) is 0 Å². The van der Waals surface area contributed by atoms with Crippen LogP contribution in [0.15, 0.2) is 83.8 Å². The number of likely N-dealkylation sites (N-methyl/N-ethyl adjacent to an activating group) is 1. The summed E-state index contributed by atoms with van der Waals surface area (Å²) in [5.74, 6) is -0.839. The summed E-state index contributed by atoms with van der Waals surface area (Å²) >= 11 is 6.16. The number of benzene rings is 3. The summed E-state index contributed by atoms with van der Waals surface area (Å²) in [4.78, 5) is 27.9. The highest BCUT2D eigenvalue weighted by molar-refractivity contribution is 7.92. The summed E-state index contributed by atoms with van der Waals surface area (Å²) in [5, 5.41) is 3.08. The Morgan fingerprint density at radius 2 is 1.67 bits per heavy atom. The monoisotopic (exact) mass is 527 g/mol. The third kappa shape index (κ3) is 6.65. The zero-order chi connectivity index (χ0) is 26.3. The molecule has 0 saturated carbocycles. The van der Waals surface area contributed by atoms with E-state index in [4.69, 9.17) is 11.6 Å². The van der Waals surface area contributed by atoms with Crippen LogP contribution < -0.4 is 9.62 Å². The smallest absolute Gasteiger partial charge is 0.264 e. The first kappa shape index (κ1) is 27.2. The third-order valence-corrected chi connectivity index (χ3v) is 7.68. The van der Waals surface area contributed by atoms with Gasteiger partial charge >= 0.3 is 0 Å². The van der Waals surface area contributed by atoms with E-state index in [1.165, 1.54) is 23.1 Å². The highest BCUT2D eigenvalue weighted by Gasteiger charge is 2.32. The number of hydrogen-bond acceptors (Lipinski definition) is 4. The van der Waals surface area contributed by atoms with Gasteiger partial charge in [-0.3, -0.25) is 13.9 Å². The van der Waals surface area contributed by atoms with Crippen molar-refractivity contribution >= 4 is 39.1 Å². The molecule has 36 heavy (non-hydrogen) atoms. The Balaban J connectivity index is 2.02. The maximum atomic E-state index is 13.7. The van der Waals surface area contributed by atoms with Gasteiger partial charge in [0.2, 0.25) is 11.8 Å². The van der Waals surface area contributed by atoms with Gasteiger partial charge in [0.1, 0.15) is 12.6 Å². The molecule has 7 nitrogen and oxygen atoms in total. The first-order valence-electron chi connectivity index (χ1n) is 11.6. The normalized spacial score (nSPS) is 12.0. The average molecular weight is 528 g/mol. The van der Waals surface area contributed by atoms with E-state index >= 15 is 0 Å². The topological polar surface area (TPSA) is 86.8 Å². The van der Waals surface area contributed by atoms with Gasteiger partial charge in [-0.1, -0.05) is 65.7 Å². The molecule has 190 valence electrons. The number of nitrogens with one attached hydrogen (secondary N) is 1. The van der Waals surface area contributed by atoms with Crippen LogP contribution in [0.2, 0.25) is 5.02 Å². The van der Waals surface area contributed by atoms with Crippen LogP contribution in [0.25, 0.3) is 0 Å². The van der Waals surface area contributed by atoms with E-state index in [1.54, 1.807) is 50.2 Å². The number of amides is 2. The minimum Gasteiger partial charge on any atom is -0.355 e. The molecule has 0 unspecified atom stereocenters. The fourth-order valence-corrected chi connectivity index (χ4v) is 5.40. The van der Waals surface area contributed by atoms with Crippen molar-refractivity contribution in [3.05, 3.63) is 95.0 Å². The zero-order valence-corrected chi connectivity index (χ0v) is 22.1. The molecule has 0 spiro atoms. The summed E-state index contributed by atoms with van der Waals surface area (Å²) in [6, 6.07) is 21.0. The molecule has 9 heteroatoms. The number of anilines is 1. The second-order valence-corrected chi connectivity index (χ2v) is 10.7. The largest absolute Gasteiger partial charge is 0.355 e. The molecule has 0 aliphatic heterocycles. The number of carbonyl (C=O) groups excluding carboxylic acids is 2. The van der Waals surface area contributed by atoms with E-state index in [0.717, 1.165) is 15.4 Å². The molecule has 1 N–H and O–H groups in total. The first-order valence-corrected chi connectivity index (χ1v) is 13.4. The fourth-order valence-electron chi connectivity index (χ4n) is 3.79. The lowest BCUT2D eigenvalue weighted by atomic mass is 10.1. The van der Waals surface area contributed by atoms with Gasteiger partial charge in [-0.05, 0) is 56.7 Å². The molecule has 0 aliphatic rings. The highest BCUT2D eigenvalue weighted by atomic mass is 35.5. The number of nitrogens with zero attached hydrogens (tertiary/aromatic N) is 2. The van der Waals surface area contributed by atoms with Crippen molar-refractivity contribution in [1.82, 2.24) is 10.2 Å². The van der Waals surface area contributed by atoms with E-state index in [1.807, 2.05) is 31.2 Å². The van der Waals surface area contributed by atoms with Crippen molar-refractivity contribution in [2.75, 3.05) is 17.4 Å². The van der Waals surface area contributed by atoms with E-state index < -0.39 is 28.5 Å². The molecule has 3 aromatic carbocycles. The van der Waals surface area contributed by atoms with Crippen LogP contribution in [-0.2, 0) is 26.2 Å². The van der Waals surface area contributed by atoms with E-state index in [2.05, 4.69) is 5.32 Å². The predicted octanol–water partition coefficient (Wildman–Crippen LogP) is 4.40. The fraction of sp³-hybridized carbons (Fsp3) is 0.259. The zero-order valence-electron chi connectivity index (χ0n) is 20.5. The molecule has 3 rings (SSSR count). The molecule has 1 atom stereocenters. The maximum absolute atomic E-state index is 13.7. The van der Waals surface area contributed by atoms with Gasteiger partial charge in [0.15, 0.2) is 0 Å². The Morgan fingerprint density at radius 3 is 2.31 bits per heavy atom. The summed E-state index contributed by atoms with van der Waals surface area (Å²) in [5.41, 5.74) is 2.10. The van der Waals surface area contributed by atoms with E-state index in [-0.39, 0.29) is 23.0 Å². The first-order chi connectivity index (χ1) is 17.1. The lowest BCUT2D eigenvalue weighted by molar-refractivity contribution is -0.139. The third-order valence-electron chi connectivity index (χ3n) is 5.66. The molecule has 2 amide bonds. The van der Waals surface area contributed by atoms with Gasteiger partial charge in [-0.2, -0.15) is 0 Å². The summed E-state index contributed by atoms with van der Waals surface area (Å²) < 4.78 is 28.3. The minimum absolute atomic E-state index is 0.0415. The molecular weight excluding hydrogens is 498 g/mol.